The predicted octanol–water partition coefficient (Wildman–Crippen LogP) is 8.29. The first-order valence-electron chi connectivity index (χ1n) is 12.3. The van der Waals surface area contributed by atoms with Crippen LogP contribution in [0.2, 0.25) is 0 Å². The summed E-state index contributed by atoms with van der Waals surface area (Å²) in [5.74, 6) is -0.342. The highest BCUT2D eigenvalue weighted by Crippen LogP contribution is 2.15. The average molecular weight is 409 g/mol. The van der Waals surface area contributed by atoms with Crippen molar-refractivity contribution in [2.24, 2.45) is 0 Å². The third-order valence-electron chi connectivity index (χ3n) is 5.38. The lowest BCUT2D eigenvalue weighted by Crippen LogP contribution is -2.10. The summed E-state index contributed by atoms with van der Waals surface area (Å²) in [6.45, 7) is 10.00. The van der Waals surface area contributed by atoms with Gasteiger partial charge in [0, 0.05) is 5.57 Å². The second kappa shape index (κ2) is 23.2. The van der Waals surface area contributed by atoms with Gasteiger partial charge in [0.15, 0.2) is 6.79 Å². The minimum absolute atomic E-state index is 0.0249. The van der Waals surface area contributed by atoms with E-state index in [9.17, 15) is 4.79 Å². The number of hydrogen-bond acceptors (Lipinski definition) is 3. The van der Waals surface area contributed by atoms with Crippen LogP contribution in [-0.4, -0.2) is 19.4 Å². The number of carbonyl (C=O) groups is 1. The van der Waals surface area contributed by atoms with Gasteiger partial charge in [0.2, 0.25) is 0 Å². The molecule has 3 nitrogen and oxygen atoms in total. The van der Waals surface area contributed by atoms with Crippen LogP contribution in [0.5, 0.6) is 0 Å². The smallest absolute Gasteiger partial charge is 0.335 e. The molecule has 0 saturated heterocycles. The molecule has 3 heteroatoms. The Balaban J connectivity index is 3.22. The summed E-state index contributed by atoms with van der Waals surface area (Å²) in [5.41, 5.74) is 0.549. The van der Waals surface area contributed by atoms with Crippen LogP contribution in [0.25, 0.3) is 0 Å². The molecular formula is C26H48O3. The van der Waals surface area contributed by atoms with Gasteiger partial charge in [-0.05, 0) is 12.8 Å². The minimum Gasteiger partial charge on any atom is -0.435 e. The van der Waals surface area contributed by atoms with Crippen molar-refractivity contribution >= 4 is 5.97 Å². The van der Waals surface area contributed by atoms with Gasteiger partial charge in [-0.2, -0.15) is 0 Å². The first-order valence-corrected chi connectivity index (χ1v) is 12.3. The maximum Gasteiger partial charge on any atom is 0.335 e. The Morgan fingerprint density at radius 1 is 0.724 bits per heavy atom. The van der Waals surface area contributed by atoms with E-state index in [2.05, 4.69) is 20.1 Å². The molecule has 0 fully saturated rings. The summed E-state index contributed by atoms with van der Waals surface area (Å²) in [6.07, 6.45) is 25.4. The molecule has 0 aromatic rings. The van der Waals surface area contributed by atoms with Gasteiger partial charge in [0.05, 0.1) is 6.61 Å². The van der Waals surface area contributed by atoms with Gasteiger partial charge in [-0.15, -0.1) is 6.58 Å². The van der Waals surface area contributed by atoms with E-state index in [1.807, 2.05) is 0 Å². The topological polar surface area (TPSA) is 35.5 Å². The fourth-order valence-corrected chi connectivity index (χ4v) is 3.49. The van der Waals surface area contributed by atoms with Crippen LogP contribution in [-0.2, 0) is 14.3 Å². The summed E-state index contributed by atoms with van der Waals surface area (Å²) in [7, 11) is 0. The number of carbonyl (C=O) groups excluding carboxylic acids is 1. The van der Waals surface area contributed by atoms with E-state index in [0.717, 1.165) is 19.3 Å². The highest BCUT2D eigenvalue weighted by molar-refractivity contribution is 5.87. The summed E-state index contributed by atoms with van der Waals surface area (Å²) in [6, 6.07) is 0. The lowest BCUT2D eigenvalue weighted by molar-refractivity contribution is -0.150. The molecule has 0 aromatic heterocycles. The van der Waals surface area contributed by atoms with Gasteiger partial charge < -0.3 is 9.47 Å². The van der Waals surface area contributed by atoms with Crippen molar-refractivity contribution in [2.75, 3.05) is 13.4 Å². The molecule has 0 heterocycles. The quantitative estimate of drug-likeness (QED) is 0.0561. The van der Waals surface area contributed by atoms with Gasteiger partial charge in [-0.3, -0.25) is 0 Å². The van der Waals surface area contributed by atoms with Gasteiger partial charge in [-0.25, -0.2) is 4.79 Å². The zero-order valence-electron chi connectivity index (χ0n) is 19.4. The van der Waals surface area contributed by atoms with Crippen molar-refractivity contribution in [3.63, 3.8) is 0 Å². The monoisotopic (exact) mass is 408 g/mol. The fraction of sp³-hybridized carbons (Fsp3) is 0.808. The second-order valence-electron chi connectivity index (χ2n) is 8.22. The predicted molar refractivity (Wildman–Crippen MR) is 125 cm³/mol. The normalized spacial score (nSPS) is 10.8. The standard InChI is InChI=1S/C26H48O3/c1-4-6-7-8-9-10-11-12-13-14-15-16-17-18-19-20-21-22-25(3)26(27)29-24-28-23-5-2/h5H,2-4,6-24H2,1H3. The first-order chi connectivity index (χ1) is 14.2. The number of esters is 1. The van der Waals surface area contributed by atoms with Crippen molar-refractivity contribution in [3.05, 3.63) is 24.8 Å². The Bertz CT molecular complexity index is 389. The van der Waals surface area contributed by atoms with Gasteiger partial charge in [-0.1, -0.05) is 122 Å². The molecular weight excluding hydrogens is 360 g/mol. The van der Waals surface area contributed by atoms with Crippen molar-refractivity contribution < 1.29 is 14.3 Å². The summed E-state index contributed by atoms with van der Waals surface area (Å²) < 4.78 is 10.0. The largest absolute Gasteiger partial charge is 0.435 e. The number of hydrogen-bond donors (Lipinski definition) is 0. The van der Waals surface area contributed by atoms with E-state index >= 15 is 0 Å². The van der Waals surface area contributed by atoms with Gasteiger partial charge in [0.1, 0.15) is 0 Å². The maximum absolute atomic E-state index is 11.7. The molecule has 0 bridgehead atoms. The summed E-state index contributed by atoms with van der Waals surface area (Å²) in [5, 5.41) is 0. The van der Waals surface area contributed by atoms with E-state index < -0.39 is 0 Å². The second-order valence-corrected chi connectivity index (χ2v) is 8.22. The molecule has 29 heavy (non-hydrogen) atoms. The molecule has 0 N–H and O–H groups in total. The van der Waals surface area contributed by atoms with E-state index in [4.69, 9.17) is 9.47 Å². The van der Waals surface area contributed by atoms with E-state index in [-0.39, 0.29) is 12.8 Å². The molecule has 0 unspecified atom stereocenters. The van der Waals surface area contributed by atoms with E-state index in [1.54, 1.807) is 6.08 Å². The molecule has 170 valence electrons. The third kappa shape index (κ3) is 21.4. The highest BCUT2D eigenvalue weighted by Gasteiger charge is 2.07. The summed E-state index contributed by atoms with van der Waals surface area (Å²) >= 11 is 0. The van der Waals surface area contributed by atoms with Crippen LogP contribution < -0.4 is 0 Å². The Kier molecular flexibility index (Phi) is 22.3. The van der Waals surface area contributed by atoms with Gasteiger partial charge >= 0.3 is 5.97 Å². The molecule has 0 aliphatic heterocycles. The van der Waals surface area contributed by atoms with Crippen molar-refractivity contribution in [1.82, 2.24) is 0 Å². The molecule has 0 amide bonds. The Morgan fingerprint density at radius 3 is 1.55 bits per heavy atom. The van der Waals surface area contributed by atoms with Crippen LogP contribution in [0.1, 0.15) is 122 Å². The molecule has 0 radical (unpaired) electrons. The van der Waals surface area contributed by atoms with Crippen LogP contribution in [0.3, 0.4) is 0 Å². The van der Waals surface area contributed by atoms with E-state index in [1.165, 1.54) is 96.3 Å². The Labute approximate surface area is 181 Å². The Hall–Kier alpha value is -1.09. The van der Waals surface area contributed by atoms with Crippen LogP contribution >= 0.6 is 0 Å². The lowest BCUT2D eigenvalue weighted by Gasteiger charge is -2.07. The zero-order chi connectivity index (χ0) is 21.4. The van der Waals surface area contributed by atoms with E-state index in [0.29, 0.717) is 12.2 Å². The fourth-order valence-electron chi connectivity index (χ4n) is 3.49. The molecule has 0 atom stereocenters. The zero-order valence-corrected chi connectivity index (χ0v) is 19.4. The minimum atomic E-state index is -0.342. The highest BCUT2D eigenvalue weighted by atomic mass is 16.7. The average Bonchev–Trinajstić information content (AvgIpc) is 2.73. The molecule has 0 spiro atoms. The molecule has 0 rings (SSSR count). The number of ether oxygens (including phenoxy) is 2. The van der Waals surface area contributed by atoms with Crippen LogP contribution in [0.4, 0.5) is 0 Å². The number of unbranched alkanes of at least 4 members (excludes halogenated alkanes) is 16. The van der Waals surface area contributed by atoms with Crippen molar-refractivity contribution in [2.45, 2.75) is 122 Å². The van der Waals surface area contributed by atoms with Crippen molar-refractivity contribution in [3.8, 4) is 0 Å². The maximum atomic E-state index is 11.7. The van der Waals surface area contributed by atoms with Gasteiger partial charge in [0.25, 0.3) is 0 Å². The van der Waals surface area contributed by atoms with Crippen LogP contribution in [0.15, 0.2) is 24.8 Å². The molecule has 0 aliphatic rings. The van der Waals surface area contributed by atoms with Crippen LogP contribution in [0, 0.1) is 0 Å². The summed E-state index contributed by atoms with van der Waals surface area (Å²) in [4.78, 5) is 11.7. The third-order valence-corrected chi connectivity index (χ3v) is 5.38. The SMILES string of the molecule is C=CCOCOC(=O)C(=C)CCCCCCCCCCCCCCCCCCC. The lowest BCUT2D eigenvalue weighted by atomic mass is 10.0. The Morgan fingerprint density at radius 2 is 1.14 bits per heavy atom. The molecule has 0 aromatic carbocycles. The van der Waals surface area contributed by atoms with Crippen molar-refractivity contribution in [1.29, 1.82) is 0 Å². The molecule has 0 saturated carbocycles. The first kappa shape index (κ1) is 27.9. The molecule has 0 aliphatic carbocycles. The number of rotatable bonds is 23.